The minimum Gasteiger partial charge on any atom is -0.311 e. The summed E-state index contributed by atoms with van der Waals surface area (Å²) in [7, 11) is 4.22. The minimum absolute atomic E-state index is 0.0836. The zero-order valence-electron chi connectivity index (χ0n) is 12.6. The Kier molecular flexibility index (Phi) is 5.19. The molecule has 1 saturated carbocycles. The molecule has 0 amide bonds. The molecule has 0 spiro atoms. The van der Waals surface area contributed by atoms with Crippen LogP contribution < -0.4 is 5.32 Å². The first kappa shape index (κ1) is 16.2. The Hall–Kier alpha value is -1.17. The van der Waals surface area contributed by atoms with E-state index in [-0.39, 0.29) is 16.1 Å². The molecule has 1 aromatic rings. The van der Waals surface area contributed by atoms with Crippen LogP contribution in [0, 0.1) is 10.1 Å². The summed E-state index contributed by atoms with van der Waals surface area (Å²) in [6.07, 6.45) is 4.85. The fourth-order valence-electron chi connectivity index (χ4n) is 3.10. The number of benzene rings is 1. The number of nitrogens with zero attached hydrogens (tertiary/aromatic N) is 2. The molecule has 0 atom stereocenters. The van der Waals surface area contributed by atoms with E-state index in [9.17, 15) is 10.1 Å². The normalized spacial score (nSPS) is 17.3. The van der Waals surface area contributed by atoms with Gasteiger partial charge in [-0.3, -0.25) is 10.1 Å². The third kappa shape index (κ3) is 3.73. The Bertz CT molecular complexity index is 514. The molecule has 0 radical (unpaired) electrons. The van der Waals surface area contributed by atoms with Gasteiger partial charge in [0.25, 0.3) is 5.69 Å². The molecule has 6 heteroatoms. The van der Waals surface area contributed by atoms with Crippen LogP contribution in [0.15, 0.2) is 18.2 Å². The van der Waals surface area contributed by atoms with Crippen LogP contribution in [0.4, 0.5) is 5.69 Å². The van der Waals surface area contributed by atoms with Gasteiger partial charge in [0.15, 0.2) is 0 Å². The highest BCUT2D eigenvalue weighted by Gasteiger charge is 2.35. The third-order valence-corrected chi connectivity index (χ3v) is 4.73. The second kappa shape index (κ2) is 6.73. The van der Waals surface area contributed by atoms with Crippen LogP contribution in [-0.2, 0) is 6.54 Å². The fraction of sp³-hybridized carbons (Fsp3) is 0.600. The number of halogens is 1. The van der Waals surface area contributed by atoms with Crippen LogP contribution in [0.25, 0.3) is 0 Å². The van der Waals surface area contributed by atoms with Crippen LogP contribution >= 0.6 is 11.6 Å². The smallest absolute Gasteiger partial charge is 0.275 e. The Labute approximate surface area is 130 Å². The highest BCUT2D eigenvalue weighted by Crippen LogP contribution is 2.33. The monoisotopic (exact) mass is 311 g/mol. The van der Waals surface area contributed by atoms with Crippen LogP contribution in [0.5, 0.6) is 0 Å². The average molecular weight is 312 g/mol. The van der Waals surface area contributed by atoms with Gasteiger partial charge in [0.2, 0.25) is 0 Å². The predicted octanol–water partition coefficient (Wildman–Crippen LogP) is 3.21. The van der Waals surface area contributed by atoms with Crippen molar-refractivity contribution in [1.29, 1.82) is 0 Å². The molecule has 1 N–H and O–H groups in total. The first-order valence-electron chi connectivity index (χ1n) is 7.26. The number of hydrogen-bond donors (Lipinski definition) is 1. The molecule has 0 saturated heterocycles. The molecule has 1 fully saturated rings. The van der Waals surface area contributed by atoms with Crippen molar-refractivity contribution in [2.45, 2.75) is 37.8 Å². The molecule has 116 valence electrons. The molecule has 2 rings (SSSR count). The standard InChI is InChI=1S/C15H22ClN3O2/c1-18(2)15(7-3-4-8-15)11-17-10-12-5-6-13(16)9-14(12)19(20)21/h5-6,9,17H,3-4,7-8,10-11H2,1-2H3. The van der Waals surface area contributed by atoms with Crippen molar-refractivity contribution in [2.75, 3.05) is 20.6 Å². The van der Waals surface area contributed by atoms with Gasteiger partial charge in [-0.1, -0.05) is 24.4 Å². The topological polar surface area (TPSA) is 58.4 Å². The van der Waals surface area contributed by atoms with Gasteiger partial charge in [0, 0.05) is 35.3 Å². The summed E-state index contributed by atoms with van der Waals surface area (Å²) < 4.78 is 0. The summed E-state index contributed by atoms with van der Waals surface area (Å²) in [6, 6.07) is 4.84. The van der Waals surface area contributed by atoms with Crippen LogP contribution in [0.2, 0.25) is 5.02 Å². The van der Waals surface area contributed by atoms with Crippen LogP contribution in [0.1, 0.15) is 31.2 Å². The van der Waals surface area contributed by atoms with Crippen molar-refractivity contribution < 1.29 is 4.92 Å². The quantitative estimate of drug-likeness (QED) is 0.647. The van der Waals surface area contributed by atoms with Gasteiger partial charge in [-0.15, -0.1) is 0 Å². The molecule has 21 heavy (non-hydrogen) atoms. The van der Waals surface area contributed by atoms with Crippen LogP contribution in [-0.4, -0.2) is 36.0 Å². The average Bonchev–Trinajstić information content (AvgIpc) is 2.90. The second-order valence-corrected chi connectivity index (χ2v) is 6.40. The second-order valence-electron chi connectivity index (χ2n) is 5.96. The molecule has 1 aliphatic carbocycles. The number of hydrogen-bond acceptors (Lipinski definition) is 4. The van der Waals surface area contributed by atoms with Gasteiger partial charge < -0.3 is 10.2 Å². The summed E-state index contributed by atoms with van der Waals surface area (Å²) in [6.45, 7) is 1.34. The highest BCUT2D eigenvalue weighted by molar-refractivity contribution is 6.30. The molecular formula is C15H22ClN3O2. The van der Waals surface area contributed by atoms with Gasteiger partial charge in [-0.25, -0.2) is 0 Å². The van der Waals surface area contributed by atoms with E-state index in [1.54, 1.807) is 12.1 Å². The van der Waals surface area contributed by atoms with Crippen molar-refractivity contribution in [2.24, 2.45) is 0 Å². The van der Waals surface area contributed by atoms with Crippen molar-refractivity contribution in [3.63, 3.8) is 0 Å². The van der Waals surface area contributed by atoms with E-state index in [1.165, 1.54) is 31.7 Å². The molecular weight excluding hydrogens is 290 g/mol. The number of nitrogens with one attached hydrogen (secondary N) is 1. The van der Waals surface area contributed by atoms with Crippen molar-refractivity contribution in [1.82, 2.24) is 10.2 Å². The molecule has 0 unspecified atom stereocenters. The van der Waals surface area contributed by atoms with E-state index in [0.29, 0.717) is 17.1 Å². The lowest BCUT2D eigenvalue weighted by atomic mass is 9.96. The fourth-order valence-corrected chi connectivity index (χ4v) is 3.27. The lowest BCUT2D eigenvalue weighted by Gasteiger charge is -2.36. The van der Waals surface area contributed by atoms with E-state index in [4.69, 9.17) is 11.6 Å². The zero-order chi connectivity index (χ0) is 15.5. The first-order chi connectivity index (χ1) is 9.94. The van der Waals surface area contributed by atoms with Gasteiger partial charge in [0.1, 0.15) is 0 Å². The largest absolute Gasteiger partial charge is 0.311 e. The molecule has 0 aliphatic heterocycles. The van der Waals surface area contributed by atoms with Gasteiger partial charge in [0.05, 0.1) is 4.92 Å². The Morgan fingerprint density at radius 3 is 2.62 bits per heavy atom. The van der Waals surface area contributed by atoms with E-state index in [0.717, 1.165) is 6.54 Å². The van der Waals surface area contributed by atoms with Gasteiger partial charge in [-0.05, 0) is 39.1 Å². The molecule has 0 bridgehead atoms. The molecule has 0 heterocycles. The third-order valence-electron chi connectivity index (χ3n) is 4.50. The van der Waals surface area contributed by atoms with E-state index in [1.807, 2.05) is 0 Å². The number of nitro groups is 1. The van der Waals surface area contributed by atoms with E-state index >= 15 is 0 Å². The maximum atomic E-state index is 11.1. The molecule has 1 aliphatic rings. The first-order valence-corrected chi connectivity index (χ1v) is 7.63. The maximum absolute atomic E-state index is 11.1. The summed E-state index contributed by atoms with van der Waals surface area (Å²) >= 11 is 5.83. The summed E-state index contributed by atoms with van der Waals surface area (Å²) in [5.74, 6) is 0. The lowest BCUT2D eigenvalue weighted by molar-refractivity contribution is -0.385. The molecule has 1 aromatic carbocycles. The van der Waals surface area contributed by atoms with Crippen molar-refractivity contribution in [3.8, 4) is 0 Å². The summed E-state index contributed by atoms with van der Waals surface area (Å²) in [5.41, 5.74) is 0.943. The van der Waals surface area contributed by atoms with Gasteiger partial charge in [-0.2, -0.15) is 0 Å². The zero-order valence-corrected chi connectivity index (χ0v) is 13.3. The van der Waals surface area contributed by atoms with E-state index in [2.05, 4.69) is 24.3 Å². The Balaban J connectivity index is 2.02. The number of likely N-dealkylation sites (N-methyl/N-ethyl adjacent to an activating group) is 1. The summed E-state index contributed by atoms with van der Waals surface area (Å²) in [5, 5.41) is 14.9. The predicted molar refractivity (Wildman–Crippen MR) is 84.7 cm³/mol. The Morgan fingerprint density at radius 1 is 1.38 bits per heavy atom. The number of rotatable bonds is 6. The minimum atomic E-state index is -0.375. The molecule has 0 aromatic heterocycles. The molecule has 5 nitrogen and oxygen atoms in total. The Morgan fingerprint density at radius 2 is 2.05 bits per heavy atom. The maximum Gasteiger partial charge on any atom is 0.275 e. The highest BCUT2D eigenvalue weighted by atomic mass is 35.5. The van der Waals surface area contributed by atoms with E-state index < -0.39 is 0 Å². The van der Waals surface area contributed by atoms with Crippen molar-refractivity contribution in [3.05, 3.63) is 38.9 Å². The van der Waals surface area contributed by atoms with Crippen LogP contribution in [0.3, 0.4) is 0 Å². The lowest BCUT2D eigenvalue weighted by Crippen LogP contribution is -2.49. The SMILES string of the molecule is CN(C)C1(CNCc2ccc(Cl)cc2[N+](=O)[O-])CCCC1. The van der Waals surface area contributed by atoms with Crippen molar-refractivity contribution >= 4 is 17.3 Å². The number of nitro benzene ring substituents is 1. The van der Waals surface area contributed by atoms with Gasteiger partial charge >= 0.3 is 0 Å². The summed E-state index contributed by atoms with van der Waals surface area (Å²) in [4.78, 5) is 13.0.